The molecule has 10 nitrogen and oxygen atoms in total. The summed E-state index contributed by atoms with van der Waals surface area (Å²) < 4.78 is 10.2. The summed E-state index contributed by atoms with van der Waals surface area (Å²) in [4.78, 5) is 39.9. The number of aromatic nitrogens is 2. The molecule has 2 amide bonds. The maximum Gasteiger partial charge on any atom is 0.407 e. The van der Waals surface area contributed by atoms with Gasteiger partial charge < -0.3 is 25.4 Å². The minimum Gasteiger partial charge on any atom is -0.478 e. The van der Waals surface area contributed by atoms with Crippen LogP contribution in [0, 0.1) is 0 Å². The van der Waals surface area contributed by atoms with Gasteiger partial charge in [-0.25, -0.2) is 14.8 Å². The van der Waals surface area contributed by atoms with Gasteiger partial charge in [-0.2, -0.15) is 0 Å². The highest BCUT2D eigenvalue weighted by atomic mass is 16.6. The molecular weight excluding hydrogens is 354 g/mol. The lowest BCUT2D eigenvalue weighted by molar-refractivity contribution is -0.118. The molecule has 1 fully saturated rings. The maximum atomic E-state index is 11.4. The third-order valence-corrected chi connectivity index (χ3v) is 3.56. The number of aldehydes is 1. The van der Waals surface area contributed by atoms with E-state index in [1.54, 1.807) is 0 Å². The average Bonchev–Trinajstić information content (AvgIpc) is 2.60. The number of carbonyl (C=O) groups excluding carboxylic acids is 3. The van der Waals surface area contributed by atoms with Gasteiger partial charge in [-0.1, -0.05) is 0 Å². The number of hydrogen-bond donors (Lipinski definition) is 3. The molecule has 2 aliphatic rings. The number of piperidine rings is 1. The zero-order valence-corrected chi connectivity index (χ0v) is 15.7. The fourth-order valence-corrected chi connectivity index (χ4v) is 2.39. The van der Waals surface area contributed by atoms with E-state index in [2.05, 4.69) is 25.9 Å². The Morgan fingerprint density at radius 2 is 2.07 bits per heavy atom. The molecule has 3 N–H and O–H groups in total. The van der Waals surface area contributed by atoms with Gasteiger partial charge in [0.15, 0.2) is 30.3 Å². The number of carbonyl (C=O) groups is 3. The molecule has 27 heavy (non-hydrogen) atoms. The first kappa shape index (κ1) is 20.6. The summed E-state index contributed by atoms with van der Waals surface area (Å²) in [6.07, 6.45) is 3.52. The molecule has 3 heterocycles. The summed E-state index contributed by atoms with van der Waals surface area (Å²) >= 11 is 0. The van der Waals surface area contributed by atoms with Gasteiger partial charge >= 0.3 is 6.09 Å². The van der Waals surface area contributed by atoms with Crippen LogP contribution in [0.25, 0.3) is 0 Å². The van der Waals surface area contributed by atoms with E-state index >= 15 is 0 Å². The van der Waals surface area contributed by atoms with Crippen molar-refractivity contribution in [1.82, 2.24) is 20.6 Å². The van der Waals surface area contributed by atoms with Crippen LogP contribution >= 0.6 is 0 Å². The summed E-state index contributed by atoms with van der Waals surface area (Å²) in [5, 5.41) is 8.58. The minimum absolute atomic E-state index is 0.0181. The van der Waals surface area contributed by atoms with Crippen LogP contribution in [0.3, 0.4) is 0 Å². The second-order valence-electron chi connectivity index (χ2n) is 7.07. The summed E-state index contributed by atoms with van der Waals surface area (Å²) in [7, 11) is 0. The van der Waals surface area contributed by atoms with Crippen molar-refractivity contribution in [3.63, 3.8) is 0 Å². The Bertz CT molecular complexity index is 683. The Labute approximate surface area is 157 Å². The number of hydrogen-bond acceptors (Lipinski definition) is 8. The SMILES string of the molecule is CC(C)(C)OC(=O)NC1CCNCC1.O=Cc1ncc2c(n1)NC(=O)CO2. The van der Waals surface area contributed by atoms with E-state index in [1.807, 2.05) is 20.8 Å². The van der Waals surface area contributed by atoms with Crippen LogP contribution < -0.4 is 20.7 Å². The van der Waals surface area contributed by atoms with Crippen molar-refractivity contribution in [2.45, 2.75) is 45.3 Å². The first-order valence-electron chi connectivity index (χ1n) is 8.72. The van der Waals surface area contributed by atoms with Crippen molar-refractivity contribution >= 4 is 24.1 Å². The molecule has 0 aromatic carbocycles. The average molecular weight is 379 g/mol. The molecule has 1 aromatic rings. The minimum atomic E-state index is -0.406. The topological polar surface area (TPSA) is 132 Å². The van der Waals surface area contributed by atoms with Gasteiger partial charge in [0.1, 0.15) is 5.60 Å². The maximum absolute atomic E-state index is 11.4. The standard InChI is InChI=1S/C10H20N2O2.C7H5N3O3/c1-10(2,3)14-9(13)12-8-4-6-11-7-5-8;11-2-5-8-1-4-7(9-5)10-6(12)3-13-4/h8,11H,4-7H2,1-3H3,(H,12,13);1-2H,3H2,(H,8,9,10,12). The molecule has 0 atom stereocenters. The van der Waals surface area contributed by atoms with Gasteiger partial charge in [-0.05, 0) is 46.7 Å². The highest BCUT2D eigenvalue weighted by Crippen LogP contribution is 2.23. The first-order chi connectivity index (χ1) is 12.8. The van der Waals surface area contributed by atoms with Gasteiger partial charge in [0.05, 0.1) is 6.20 Å². The van der Waals surface area contributed by atoms with E-state index in [0.29, 0.717) is 12.0 Å². The van der Waals surface area contributed by atoms with Gasteiger partial charge in [0.2, 0.25) is 0 Å². The number of anilines is 1. The van der Waals surface area contributed by atoms with E-state index in [0.717, 1.165) is 25.9 Å². The molecule has 0 unspecified atom stereocenters. The van der Waals surface area contributed by atoms with Crippen molar-refractivity contribution in [2.75, 3.05) is 25.0 Å². The molecular formula is C17H25N5O5. The van der Waals surface area contributed by atoms with Crippen LogP contribution in [0.15, 0.2) is 6.20 Å². The Balaban J connectivity index is 0.000000194. The number of fused-ring (bicyclic) bond motifs is 1. The van der Waals surface area contributed by atoms with Gasteiger partial charge in [0, 0.05) is 6.04 Å². The molecule has 0 spiro atoms. The van der Waals surface area contributed by atoms with Crippen LogP contribution in [0.1, 0.15) is 44.2 Å². The molecule has 3 rings (SSSR count). The molecule has 1 saturated heterocycles. The highest BCUT2D eigenvalue weighted by Gasteiger charge is 2.20. The summed E-state index contributed by atoms with van der Waals surface area (Å²) in [5.41, 5.74) is -0.406. The van der Waals surface area contributed by atoms with E-state index in [9.17, 15) is 14.4 Å². The quantitative estimate of drug-likeness (QED) is 0.646. The second kappa shape index (κ2) is 9.26. The number of alkyl carbamates (subject to hydrolysis) is 1. The van der Waals surface area contributed by atoms with Gasteiger partial charge in [-0.15, -0.1) is 0 Å². The fraction of sp³-hybridized carbons (Fsp3) is 0.588. The number of amides is 2. The van der Waals surface area contributed by atoms with Gasteiger partial charge in [-0.3, -0.25) is 9.59 Å². The summed E-state index contributed by atoms with van der Waals surface area (Å²) in [6.45, 7) is 7.51. The molecule has 10 heteroatoms. The molecule has 0 aliphatic carbocycles. The van der Waals surface area contributed by atoms with Crippen LogP contribution in [0.2, 0.25) is 0 Å². The molecule has 0 radical (unpaired) electrons. The number of nitrogens with zero attached hydrogens (tertiary/aromatic N) is 2. The van der Waals surface area contributed by atoms with Crippen LogP contribution in [-0.4, -0.2) is 59.6 Å². The van der Waals surface area contributed by atoms with Crippen molar-refractivity contribution in [3.05, 3.63) is 12.0 Å². The molecule has 0 saturated carbocycles. The zero-order valence-electron chi connectivity index (χ0n) is 15.7. The smallest absolute Gasteiger partial charge is 0.407 e. The Kier molecular flexibility index (Phi) is 7.05. The monoisotopic (exact) mass is 379 g/mol. The number of rotatable bonds is 2. The van der Waals surface area contributed by atoms with Gasteiger partial charge in [0.25, 0.3) is 5.91 Å². The van der Waals surface area contributed by atoms with E-state index < -0.39 is 5.60 Å². The summed E-state index contributed by atoms with van der Waals surface area (Å²) in [6, 6.07) is 0.270. The van der Waals surface area contributed by atoms with Crippen molar-refractivity contribution < 1.29 is 23.9 Å². The Morgan fingerprint density at radius 3 is 2.70 bits per heavy atom. The third-order valence-electron chi connectivity index (χ3n) is 3.56. The summed E-state index contributed by atoms with van der Waals surface area (Å²) in [5.74, 6) is 0.353. The Morgan fingerprint density at radius 1 is 1.37 bits per heavy atom. The zero-order chi connectivity index (χ0) is 19.9. The van der Waals surface area contributed by atoms with E-state index in [4.69, 9.17) is 9.47 Å². The predicted molar refractivity (Wildman–Crippen MR) is 96.8 cm³/mol. The lowest BCUT2D eigenvalue weighted by Crippen LogP contribution is -2.44. The number of ether oxygens (including phenoxy) is 2. The Hall–Kier alpha value is -2.75. The molecule has 148 valence electrons. The largest absolute Gasteiger partial charge is 0.478 e. The highest BCUT2D eigenvalue weighted by molar-refractivity contribution is 5.94. The van der Waals surface area contributed by atoms with E-state index in [-0.39, 0.29) is 36.3 Å². The molecule has 1 aromatic heterocycles. The van der Waals surface area contributed by atoms with Crippen molar-refractivity contribution in [1.29, 1.82) is 0 Å². The molecule has 0 bridgehead atoms. The number of nitrogens with one attached hydrogen (secondary N) is 3. The fourth-order valence-electron chi connectivity index (χ4n) is 2.39. The second-order valence-corrected chi connectivity index (χ2v) is 7.07. The van der Waals surface area contributed by atoms with E-state index in [1.165, 1.54) is 6.20 Å². The third kappa shape index (κ3) is 7.18. The van der Waals surface area contributed by atoms with Crippen LogP contribution in [0.4, 0.5) is 10.6 Å². The normalized spacial score (nSPS) is 16.6. The van der Waals surface area contributed by atoms with Crippen LogP contribution in [0.5, 0.6) is 5.75 Å². The lowest BCUT2D eigenvalue weighted by atomic mass is 10.1. The van der Waals surface area contributed by atoms with Crippen LogP contribution in [-0.2, 0) is 9.53 Å². The van der Waals surface area contributed by atoms with Crippen molar-refractivity contribution in [3.8, 4) is 5.75 Å². The lowest BCUT2D eigenvalue weighted by Gasteiger charge is -2.26. The molecule has 2 aliphatic heterocycles. The van der Waals surface area contributed by atoms with Crippen molar-refractivity contribution in [2.24, 2.45) is 0 Å². The first-order valence-corrected chi connectivity index (χ1v) is 8.72. The predicted octanol–water partition coefficient (Wildman–Crippen LogP) is 0.883.